The fraction of sp³-hybridized carbons (Fsp3) is 0.120. The zero-order valence-electron chi connectivity index (χ0n) is 17.4. The standard InChI is InChI=1S/C25H19Cl2N3O3/c26-20-8-6-16(12-21(20)27)14-30-15-28-22-9-7-18(13-19(22)25(30)33)29-24(32)11-10-23(31)17-4-2-1-3-5-17/h1-9,12-13,15H,10-11,14H2,(H,29,32). The van der Waals surface area contributed by atoms with Crippen molar-refractivity contribution in [2.45, 2.75) is 19.4 Å². The van der Waals surface area contributed by atoms with E-state index in [1.807, 2.05) is 6.07 Å². The average Bonchev–Trinajstić information content (AvgIpc) is 2.82. The van der Waals surface area contributed by atoms with Gasteiger partial charge in [-0.05, 0) is 35.9 Å². The molecule has 0 bridgehead atoms. The van der Waals surface area contributed by atoms with Gasteiger partial charge in [0.1, 0.15) is 0 Å². The van der Waals surface area contributed by atoms with Gasteiger partial charge < -0.3 is 5.32 Å². The molecule has 4 aromatic rings. The minimum atomic E-state index is -0.307. The van der Waals surface area contributed by atoms with E-state index in [-0.39, 0.29) is 36.6 Å². The second kappa shape index (κ2) is 9.98. The van der Waals surface area contributed by atoms with Crippen LogP contribution in [-0.4, -0.2) is 21.2 Å². The van der Waals surface area contributed by atoms with Crippen LogP contribution < -0.4 is 10.9 Å². The van der Waals surface area contributed by atoms with Crippen LogP contribution >= 0.6 is 23.2 Å². The van der Waals surface area contributed by atoms with Gasteiger partial charge in [0.05, 0.1) is 33.8 Å². The molecular formula is C25H19Cl2N3O3. The van der Waals surface area contributed by atoms with E-state index in [2.05, 4.69) is 10.3 Å². The van der Waals surface area contributed by atoms with Crippen molar-refractivity contribution in [3.63, 3.8) is 0 Å². The quantitative estimate of drug-likeness (QED) is 0.362. The van der Waals surface area contributed by atoms with Crippen molar-refractivity contribution in [2.24, 2.45) is 0 Å². The fourth-order valence-electron chi connectivity index (χ4n) is 3.40. The third kappa shape index (κ3) is 5.48. The van der Waals surface area contributed by atoms with Crippen LogP contribution in [0.2, 0.25) is 10.0 Å². The van der Waals surface area contributed by atoms with Crippen LogP contribution in [0.3, 0.4) is 0 Å². The molecular weight excluding hydrogens is 461 g/mol. The minimum Gasteiger partial charge on any atom is -0.326 e. The summed E-state index contributed by atoms with van der Waals surface area (Å²) < 4.78 is 1.46. The number of Topliss-reactive ketones (excluding diaryl/α,β-unsaturated/α-hetero) is 1. The van der Waals surface area contributed by atoms with Crippen LogP contribution in [0.15, 0.2) is 77.9 Å². The molecule has 0 radical (unpaired) electrons. The monoisotopic (exact) mass is 479 g/mol. The van der Waals surface area contributed by atoms with Crippen molar-refractivity contribution >= 4 is 51.5 Å². The van der Waals surface area contributed by atoms with E-state index in [1.54, 1.807) is 60.7 Å². The molecule has 0 atom stereocenters. The molecule has 33 heavy (non-hydrogen) atoms. The van der Waals surface area contributed by atoms with Crippen molar-refractivity contribution in [3.05, 3.63) is 105 Å². The third-order valence-electron chi connectivity index (χ3n) is 5.12. The summed E-state index contributed by atoms with van der Waals surface area (Å²) in [5.74, 6) is -0.405. The first kappa shape index (κ1) is 22.7. The summed E-state index contributed by atoms with van der Waals surface area (Å²) >= 11 is 12.0. The van der Waals surface area contributed by atoms with E-state index < -0.39 is 0 Å². The highest BCUT2D eigenvalue weighted by molar-refractivity contribution is 6.42. The molecule has 0 fully saturated rings. The summed E-state index contributed by atoms with van der Waals surface area (Å²) in [4.78, 5) is 41.9. The highest BCUT2D eigenvalue weighted by Crippen LogP contribution is 2.23. The lowest BCUT2D eigenvalue weighted by molar-refractivity contribution is -0.116. The number of nitrogens with zero attached hydrogens (tertiary/aromatic N) is 2. The first-order chi connectivity index (χ1) is 15.9. The summed E-state index contributed by atoms with van der Waals surface area (Å²) in [6, 6.07) is 18.9. The summed E-state index contributed by atoms with van der Waals surface area (Å²) in [6.45, 7) is 0.275. The predicted octanol–water partition coefficient (Wildman–Crippen LogP) is 5.35. The molecule has 0 unspecified atom stereocenters. The fourth-order valence-corrected chi connectivity index (χ4v) is 3.72. The Morgan fingerprint density at radius 1 is 0.909 bits per heavy atom. The molecule has 3 aromatic carbocycles. The normalized spacial score (nSPS) is 10.8. The number of carbonyl (C=O) groups excluding carboxylic acids is 2. The molecule has 0 aliphatic rings. The SMILES string of the molecule is O=C(CCC(=O)c1ccccc1)Nc1ccc2ncn(Cc3ccc(Cl)c(Cl)c3)c(=O)c2c1. The van der Waals surface area contributed by atoms with Crippen molar-refractivity contribution < 1.29 is 9.59 Å². The van der Waals surface area contributed by atoms with Crippen molar-refractivity contribution in [3.8, 4) is 0 Å². The van der Waals surface area contributed by atoms with Crippen LogP contribution in [0.25, 0.3) is 10.9 Å². The zero-order valence-corrected chi connectivity index (χ0v) is 18.9. The van der Waals surface area contributed by atoms with Gasteiger partial charge in [-0.1, -0.05) is 59.6 Å². The molecule has 1 amide bonds. The topological polar surface area (TPSA) is 81.1 Å². The summed E-state index contributed by atoms with van der Waals surface area (Å²) in [5.41, 5.74) is 2.11. The number of amides is 1. The molecule has 1 N–H and O–H groups in total. The van der Waals surface area contributed by atoms with Crippen LogP contribution in [0.4, 0.5) is 5.69 Å². The summed E-state index contributed by atoms with van der Waals surface area (Å²) in [5, 5.41) is 3.97. The predicted molar refractivity (Wildman–Crippen MR) is 130 cm³/mol. The van der Waals surface area contributed by atoms with Gasteiger partial charge in [-0.3, -0.25) is 19.0 Å². The van der Waals surface area contributed by atoms with Gasteiger partial charge in [-0.15, -0.1) is 0 Å². The minimum absolute atomic E-state index is 0.0420. The number of rotatable bonds is 7. The van der Waals surface area contributed by atoms with Gasteiger partial charge in [-0.25, -0.2) is 4.98 Å². The lowest BCUT2D eigenvalue weighted by Gasteiger charge is -2.09. The van der Waals surface area contributed by atoms with E-state index >= 15 is 0 Å². The van der Waals surface area contributed by atoms with Gasteiger partial charge in [0.2, 0.25) is 5.91 Å². The Balaban J connectivity index is 1.48. The number of ketones is 1. The second-order valence-electron chi connectivity index (χ2n) is 7.50. The molecule has 0 saturated heterocycles. The Hall–Kier alpha value is -3.48. The number of nitrogens with one attached hydrogen (secondary N) is 1. The molecule has 0 saturated carbocycles. The van der Waals surface area contributed by atoms with Crippen molar-refractivity contribution in [1.82, 2.24) is 9.55 Å². The Kier molecular flexibility index (Phi) is 6.87. The number of carbonyl (C=O) groups is 2. The molecule has 1 aromatic heterocycles. The van der Waals surface area contributed by atoms with Gasteiger partial charge in [0.15, 0.2) is 5.78 Å². The number of fused-ring (bicyclic) bond motifs is 1. The average molecular weight is 480 g/mol. The first-order valence-corrected chi connectivity index (χ1v) is 11.0. The molecule has 0 aliphatic heterocycles. The highest BCUT2D eigenvalue weighted by atomic mass is 35.5. The number of aromatic nitrogens is 2. The Morgan fingerprint density at radius 2 is 1.70 bits per heavy atom. The van der Waals surface area contributed by atoms with E-state index in [0.717, 1.165) is 5.56 Å². The molecule has 4 rings (SSSR count). The van der Waals surface area contributed by atoms with Gasteiger partial charge in [-0.2, -0.15) is 0 Å². The number of halogens is 2. The molecule has 166 valence electrons. The zero-order chi connectivity index (χ0) is 23.4. The molecule has 8 heteroatoms. The number of anilines is 1. The Bertz CT molecular complexity index is 1400. The maximum atomic E-state index is 13.0. The largest absolute Gasteiger partial charge is 0.326 e. The molecule has 0 spiro atoms. The highest BCUT2D eigenvalue weighted by Gasteiger charge is 2.11. The maximum Gasteiger partial charge on any atom is 0.261 e. The van der Waals surface area contributed by atoms with Crippen LogP contribution in [0, 0.1) is 0 Å². The lowest BCUT2D eigenvalue weighted by Crippen LogP contribution is -2.21. The van der Waals surface area contributed by atoms with E-state index in [1.165, 1.54) is 10.9 Å². The smallest absolute Gasteiger partial charge is 0.261 e. The van der Waals surface area contributed by atoms with Crippen LogP contribution in [-0.2, 0) is 11.3 Å². The number of hydrogen-bond donors (Lipinski definition) is 1. The Labute approximate surface area is 199 Å². The maximum absolute atomic E-state index is 13.0. The summed E-state index contributed by atoms with van der Waals surface area (Å²) in [7, 11) is 0. The Morgan fingerprint density at radius 3 is 2.45 bits per heavy atom. The van der Waals surface area contributed by atoms with Crippen molar-refractivity contribution in [2.75, 3.05) is 5.32 Å². The van der Waals surface area contributed by atoms with Gasteiger partial charge >= 0.3 is 0 Å². The first-order valence-electron chi connectivity index (χ1n) is 10.2. The van der Waals surface area contributed by atoms with E-state index in [9.17, 15) is 14.4 Å². The van der Waals surface area contributed by atoms with Crippen LogP contribution in [0.5, 0.6) is 0 Å². The number of hydrogen-bond acceptors (Lipinski definition) is 4. The number of benzene rings is 3. The van der Waals surface area contributed by atoms with E-state index in [4.69, 9.17) is 23.2 Å². The van der Waals surface area contributed by atoms with Crippen LogP contribution in [0.1, 0.15) is 28.8 Å². The van der Waals surface area contributed by atoms with Gasteiger partial charge in [0, 0.05) is 24.1 Å². The third-order valence-corrected chi connectivity index (χ3v) is 5.86. The molecule has 6 nitrogen and oxygen atoms in total. The van der Waals surface area contributed by atoms with E-state index in [0.29, 0.717) is 32.2 Å². The second-order valence-corrected chi connectivity index (χ2v) is 8.31. The molecule has 0 aliphatic carbocycles. The van der Waals surface area contributed by atoms with Gasteiger partial charge in [0.25, 0.3) is 5.56 Å². The summed E-state index contributed by atoms with van der Waals surface area (Å²) in [6.07, 6.45) is 1.61. The lowest BCUT2D eigenvalue weighted by atomic mass is 10.1. The molecule has 1 heterocycles. The van der Waals surface area contributed by atoms with Crippen molar-refractivity contribution in [1.29, 1.82) is 0 Å².